The summed E-state index contributed by atoms with van der Waals surface area (Å²) in [6.45, 7) is 5.37. The highest BCUT2D eigenvalue weighted by molar-refractivity contribution is 7.09. The van der Waals surface area contributed by atoms with Gasteiger partial charge in [0.05, 0.1) is 11.0 Å². The lowest BCUT2D eigenvalue weighted by Gasteiger charge is -2.23. The topological polar surface area (TPSA) is 63.1 Å². The van der Waals surface area contributed by atoms with E-state index in [1.807, 2.05) is 34.1 Å². The van der Waals surface area contributed by atoms with Gasteiger partial charge in [0.25, 0.3) is 5.91 Å². The number of amides is 1. The number of aromatic nitrogens is 3. The number of rotatable bonds is 6. The van der Waals surface area contributed by atoms with E-state index in [1.165, 1.54) is 0 Å². The second-order valence-corrected chi connectivity index (χ2v) is 6.72. The number of piperidine rings is 1. The summed E-state index contributed by atoms with van der Waals surface area (Å²) < 4.78 is 1.94. The standard InChI is InChI=1S/C16H23N5OS/c1-2-20(9-6-15-18-8-11-23-15)16(22)14-5-10-21(19-14)13-4-3-7-17-12-13/h5,8,10-11,13,17H,2-4,6-7,9,12H2,1H3. The van der Waals surface area contributed by atoms with Crippen LogP contribution in [0.4, 0.5) is 0 Å². The Kier molecular flexibility index (Phi) is 5.40. The van der Waals surface area contributed by atoms with Crippen LogP contribution < -0.4 is 5.32 Å². The number of nitrogens with zero attached hydrogens (tertiary/aromatic N) is 4. The number of carbonyl (C=O) groups excluding carboxylic acids is 1. The molecule has 1 fully saturated rings. The summed E-state index contributed by atoms with van der Waals surface area (Å²) in [6.07, 6.45) is 6.80. The Balaban J connectivity index is 1.62. The minimum atomic E-state index is 0.00609. The number of thiazole rings is 1. The summed E-state index contributed by atoms with van der Waals surface area (Å²) in [5.74, 6) is 0.00609. The Hall–Kier alpha value is -1.73. The molecule has 1 atom stereocenters. The van der Waals surface area contributed by atoms with Gasteiger partial charge in [-0.1, -0.05) is 0 Å². The van der Waals surface area contributed by atoms with Crippen LogP contribution in [-0.2, 0) is 6.42 Å². The molecule has 6 nitrogen and oxygen atoms in total. The van der Waals surface area contributed by atoms with Crippen LogP contribution in [0.25, 0.3) is 0 Å². The monoisotopic (exact) mass is 333 g/mol. The van der Waals surface area contributed by atoms with Crippen molar-refractivity contribution in [2.24, 2.45) is 0 Å². The molecule has 0 spiro atoms. The van der Waals surface area contributed by atoms with Crippen molar-refractivity contribution in [2.45, 2.75) is 32.2 Å². The molecular formula is C16H23N5OS. The van der Waals surface area contributed by atoms with Crippen LogP contribution in [0, 0.1) is 0 Å². The number of carbonyl (C=O) groups is 1. The molecule has 0 saturated carbocycles. The fourth-order valence-corrected chi connectivity index (χ4v) is 3.50. The van der Waals surface area contributed by atoms with Gasteiger partial charge in [0.15, 0.2) is 0 Å². The van der Waals surface area contributed by atoms with Crippen molar-refractivity contribution in [1.82, 2.24) is 25.0 Å². The minimum absolute atomic E-state index is 0.00609. The minimum Gasteiger partial charge on any atom is -0.337 e. The molecule has 1 aliphatic heterocycles. The van der Waals surface area contributed by atoms with E-state index in [-0.39, 0.29) is 5.91 Å². The summed E-state index contributed by atoms with van der Waals surface area (Å²) in [4.78, 5) is 18.8. The number of nitrogens with one attached hydrogen (secondary N) is 1. The number of hydrogen-bond donors (Lipinski definition) is 1. The van der Waals surface area contributed by atoms with Gasteiger partial charge in [0.1, 0.15) is 5.69 Å². The zero-order valence-corrected chi connectivity index (χ0v) is 14.3. The maximum absolute atomic E-state index is 12.6. The summed E-state index contributed by atoms with van der Waals surface area (Å²) in [6, 6.07) is 2.19. The third kappa shape index (κ3) is 3.97. The molecule has 2 aromatic heterocycles. The second-order valence-electron chi connectivity index (χ2n) is 5.74. The molecule has 0 aromatic carbocycles. The lowest BCUT2D eigenvalue weighted by atomic mass is 10.1. The molecule has 3 heterocycles. The smallest absolute Gasteiger partial charge is 0.274 e. The highest BCUT2D eigenvalue weighted by Crippen LogP contribution is 2.16. The van der Waals surface area contributed by atoms with E-state index in [9.17, 15) is 4.79 Å². The Labute approximate surface area is 140 Å². The van der Waals surface area contributed by atoms with Crippen LogP contribution in [0.15, 0.2) is 23.8 Å². The molecule has 1 N–H and O–H groups in total. The first kappa shape index (κ1) is 16.1. The lowest BCUT2D eigenvalue weighted by Crippen LogP contribution is -2.34. The van der Waals surface area contributed by atoms with Crippen LogP contribution >= 0.6 is 11.3 Å². The molecule has 7 heteroatoms. The van der Waals surface area contributed by atoms with Crippen LogP contribution in [0.2, 0.25) is 0 Å². The Morgan fingerprint density at radius 1 is 1.57 bits per heavy atom. The van der Waals surface area contributed by atoms with Crippen molar-refractivity contribution < 1.29 is 4.79 Å². The maximum atomic E-state index is 12.6. The average molecular weight is 333 g/mol. The third-order valence-corrected chi connectivity index (χ3v) is 5.06. The van der Waals surface area contributed by atoms with Gasteiger partial charge in [0, 0.05) is 43.8 Å². The van der Waals surface area contributed by atoms with E-state index in [2.05, 4.69) is 15.4 Å². The van der Waals surface area contributed by atoms with Gasteiger partial charge >= 0.3 is 0 Å². The largest absolute Gasteiger partial charge is 0.337 e. The van der Waals surface area contributed by atoms with Crippen molar-refractivity contribution >= 4 is 17.2 Å². The quantitative estimate of drug-likeness (QED) is 0.878. The predicted octanol–water partition coefficient (Wildman–Crippen LogP) is 1.97. The molecule has 0 bridgehead atoms. The van der Waals surface area contributed by atoms with Gasteiger partial charge in [-0.2, -0.15) is 5.10 Å². The molecule has 1 saturated heterocycles. The van der Waals surface area contributed by atoms with Crippen LogP contribution in [0.1, 0.15) is 41.3 Å². The first-order valence-electron chi connectivity index (χ1n) is 8.21. The third-order valence-electron chi connectivity index (χ3n) is 4.22. The molecule has 1 amide bonds. The second kappa shape index (κ2) is 7.70. The fraction of sp³-hybridized carbons (Fsp3) is 0.562. The molecule has 124 valence electrons. The van der Waals surface area contributed by atoms with Gasteiger partial charge in [-0.3, -0.25) is 9.48 Å². The van der Waals surface area contributed by atoms with Crippen LogP contribution in [-0.4, -0.2) is 51.8 Å². The normalized spacial score (nSPS) is 18.0. The Morgan fingerprint density at radius 3 is 3.17 bits per heavy atom. The van der Waals surface area contributed by atoms with Gasteiger partial charge in [-0.15, -0.1) is 11.3 Å². The summed E-state index contributed by atoms with van der Waals surface area (Å²) in [5, 5.41) is 10.9. The molecule has 1 unspecified atom stereocenters. The molecule has 3 rings (SSSR count). The summed E-state index contributed by atoms with van der Waals surface area (Å²) in [7, 11) is 0. The van der Waals surface area contributed by atoms with Gasteiger partial charge in [-0.25, -0.2) is 4.98 Å². The molecule has 0 radical (unpaired) electrons. The van der Waals surface area contributed by atoms with Crippen molar-refractivity contribution in [1.29, 1.82) is 0 Å². The van der Waals surface area contributed by atoms with E-state index in [0.717, 1.165) is 37.4 Å². The highest BCUT2D eigenvalue weighted by Gasteiger charge is 2.20. The highest BCUT2D eigenvalue weighted by atomic mass is 32.1. The molecule has 2 aromatic rings. The van der Waals surface area contributed by atoms with E-state index in [0.29, 0.717) is 24.8 Å². The van der Waals surface area contributed by atoms with E-state index in [1.54, 1.807) is 17.5 Å². The Morgan fingerprint density at radius 2 is 2.48 bits per heavy atom. The number of hydrogen-bond acceptors (Lipinski definition) is 5. The maximum Gasteiger partial charge on any atom is 0.274 e. The van der Waals surface area contributed by atoms with Crippen molar-refractivity contribution in [3.8, 4) is 0 Å². The predicted molar refractivity (Wildman–Crippen MR) is 90.8 cm³/mol. The van der Waals surface area contributed by atoms with Crippen molar-refractivity contribution in [2.75, 3.05) is 26.2 Å². The van der Waals surface area contributed by atoms with Crippen LogP contribution in [0.3, 0.4) is 0 Å². The zero-order chi connectivity index (χ0) is 16.1. The summed E-state index contributed by atoms with van der Waals surface area (Å²) in [5.41, 5.74) is 0.538. The average Bonchev–Trinajstić information content (AvgIpc) is 3.28. The SMILES string of the molecule is CCN(CCc1nccs1)C(=O)c1ccn(C2CCCNC2)n1. The summed E-state index contributed by atoms with van der Waals surface area (Å²) >= 11 is 1.63. The van der Waals surface area contributed by atoms with Gasteiger partial charge < -0.3 is 10.2 Å². The molecule has 0 aliphatic carbocycles. The van der Waals surface area contributed by atoms with Crippen LogP contribution in [0.5, 0.6) is 0 Å². The first-order valence-corrected chi connectivity index (χ1v) is 9.09. The van der Waals surface area contributed by atoms with Crippen molar-refractivity contribution in [3.05, 3.63) is 34.5 Å². The fourth-order valence-electron chi connectivity index (χ4n) is 2.89. The van der Waals surface area contributed by atoms with E-state index >= 15 is 0 Å². The molecular weight excluding hydrogens is 310 g/mol. The lowest BCUT2D eigenvalue weighted by molar-refractivity contribution is 0.0759. The molecule has 23 heavy (non-hydrogen) atoms. The zero-order valence-electron chi connectivity index (χ0n) is 13.4. The molecule has 1 aliphatic rings. The van der Waals surface area contributed by atoms with Gasteiger partial charge in [0.2, 0.25) is 0 Å². The van der Waals surface area contributed by atoms with E-state index < -0.39 is 0 Å². The first-order chi connectivity index (χ1) is 11.3. The Bertz CT molecular complexity index is 618. The van der Waals surface area contributed by atoms with E-state index in [4.69, 9.17) is 0 Å². The van der Waals surface area contributed by atoms with Crippen molar-refractivity contribution in [3.63, 3.8) is 0 Å². The number of likely N-dealkylation sites (N-methyl/N-ethyl adjacent to an activating group) is 1. The van der Waals surface area contributed by atoms with Gasteiger partial charge in [-0.05, 0) is 32.4 Å².